The summed E-state index contributed by atoms with van der Waals surface area (Å²) < 4.78 is 0. The zero-order valence-electron chi connectivity index (χ0n) is 11.2. The standard InChI is InChI=1S/C15H20N4/c1-11-13(7-17-18-11)8-19-9-14(15(16)10-19)12-5-3-2-4-6-12/h2-7,14-15H,8-10,16H2,1H3,(H,17,18)/t14-,15+/m0/s1. The van der Waals surface area contributed by atoms with Gasteiger partial charge in [-0.1, -0.05) is 30.3 Å². The highest BCUT2D eigenvalue weighted by molar-refractivity contribution is 5.24. The molecule has 0 aliphatic carbocycles. The molecule has 4 heteroatoms. The first kappa shape index (κ1) is 12.4. The van der Waals surface area contributed by atoms with Crippen LogP contribution < -0.4 is 5.73 Å². The molecule has 1 aliphatic heterocycles. The number of aromatic nitrogens is 2. The summed E-state index contributed by atoms with van der Waals surface area (Å²) >= 11 is 0. The van der Waals surface area contributed by atoms with Crippen LogP contribution in [0, 0.1) is 6.92 Å². The first-order valence-corrected chi connectivity index (χ1v) is 6.76. The fourth-order valence-electron chi connectivity index (χ4n) is 2.87. The largest absolute Gasteiger partial charge is 0.326 e. The average molecular weight is 256 g/mol. The molecule has 2 atom stereocenters. The fourth-order valence-corrected chi connectivity index (χ4v) is 2.87. The van der Waals surface area contributed by atoms with Crippen LogP contribution in [-0.2, 0) is 6.54 Å². The van der Waals surface area contributed by atoms with Crippen LogP contribution in [0.4, 0.5) is 0 Å². The number of H-pyrrole nitrogens is 1. The van der Waals surface area contributed by atoms with Crippen molar-refractivity contribution in [1.29, 1.82) is 0 Å². The minimum Gasteiger partial charge on any atom is -0.326 e. The SMILES string of the molecule is Cc1[nH]ncc1CN1C[C@@H](N)[C@H](c2ccccc2)C1. The van der Waals surface area contributed by atoms with Crippen LogP contribution in [0.3, 0.4) is 0 Å². The number of aromatic amines is 1. The maximum absolute atomic E-state index is 6.30. The lowest BCUT2D eigenvalue weighted by Crippen LogP contribution is -2.28. The van der Waals surface area contributed by atoms with Crippen LogP contribution >= 0.6 is 0 Å². The Morgan fingerprint density at radius 1 is 1.32 bits per heavy atom. The van der Waals surface area contributed by atoms with Crippen molar-refractivity contribution in [2.24, 2.45) is 5.73 Å². The van der Waals surface area contributed by atoms with Crippen LogP contribution in [0.2, 0.25) is 0 Å². The third-order valence-electron chi connectivity index (χ3n) is 4.00. The number of nitrogens with zero attached hydrogens (tertiary/aromatic N) is 2. The summed E-state index contributed by atoms with van der Waals surface area (Å²) in [4.78, 5) is 2.42. The fraction of sp³-hybridized carbons (Fsp3) is 0.400. The smallest absolute Gasteiger partial charge is 0.0535 e. The Bertz CT molecular complexity index is 534. The predicted molar refractivity (Wildman–Crippen MR) is 75.8 cm³/mol. The molecule has 0 bridgehead atoms. The first-order chi connectivity index (χ1) is 9.24. The molecule has 1 saturated heterocycles. The quantitative estimate of drug-likeness (QED) is 0.878. The lowest BCUT2D eigenvalue weighted by Gasteiger charge is -2.15. The Kier molecular flexibility index (Phi) is 3.36. The normalized spacial score (nSPS) is 23.9. The molecule has 1 aromatic carbocycles. The van der Waals surface area contributed by atoms with E-state index in [1.165, 1.54) is 11.1 Å². The van der Waals surface area contributed by atoms with Gasteiger partial charge in [0.05, 0.1) is 6.20 Å². The van der Waals surface area contributed by atoms with Gasteiger partial charge in [0.15, 0.2) is 0 Å². The van der Waals surface area contributed by atoms with E-state index in [0.29, 0.717) is 5.92 Å². The van der Waals surface area contributed by atoms with Gasteiger partial charge in [-0.2, -0.15) is 5.10 Å². The molecule has 0 saturated carbocycles. The Morgan fingerprint density at radius 2 is 2.11 bits per heavy atom. The van der Waals surface area contributed by atoms with E-state index in [1.54, 1.807) is 0 Å². The number of likely N-dealkylation sites (tertiary alicyclic amines) is 1. The van der Waals surface area contributed by atoms with E-state index in [1.807, 2.05) is 6.20 Å². The number of benzene rings is 1. The summed E-state index contributed by atoms with van der Waals surface area (Å²) in [6.07, 6.45) is 1.91. The highest BCUT2D eigenvalue weighted by atomic mass is 15.2. The predicted octanol–water partition coefficient (Wildman–Crippen LogP) is 1.64. The van der Waals surface area contributed by atoms with E-state index in [2.05, 4.69) is 52.4 Å². The number of nitrogens with two attached hydrogens (primary N) is 1. The van der Waals surface area contributed by atoms with Crippen molar-refractivity contribution in [3.8, 4) is 0 Å². The minimum atomic E-state index is 0.217. The van der Waals surface area contributed by atoms with Gasteiger partial charge in [-0.05, 0) is 12.5 Å². The van der Waals surface area contributed by atoms with E-state index in [4.69, 9.17) is 5.73 Å². The van der Waals surface area contributed by atoms with Crippen molar-refractivity contribution >= 4 is 0 Å². The molecule has 1 fully saturated rings. The van der Waals surface area contributed by atoms with E-state index < -0.39 is 0 Å². The lowest BCUT2D eigenvalue weighted by molar-refractivity contribution is 0.323. The first-order valence-electron chi connectivity index (χ1n) is 6.76. The van der Waals surface area contributed by atoms with E-state index in [9.17, 15) is 0 Å². The maximum Gasteiger partial charge on any atom is 0.0535 e. The highest BCUT2D eigenvalue weighted by Gasteiger charge is 2.31. The van der Waals surface area contributed by atoms with E-state index in [0.717, 1.165) is 25.3 Å². The molecule has 2 aromatic rings. The molecule has 3 N–H and O–H groups in total. The maximum atomic E-state index is 6.30. The highest BCUT2D eigenvalue weighted by Crippen LogP contribution is 2.27. The Hall–Kier alpha value is -1.65. The van der Waals surface area contributed by atoms with Gasteiger partial charge in [-0.15, -0.1) is 0 Å². The number of hydrogen-bond acceptors (Lipinski definition) is 3. The molecule has 1 aliphatic rings. The molecule has 0 spiro atoms. The molecule has 3 rings (SSSR count). The summed E-state index contributed by atoms with van der Waals surface area (Å²) in [5.41, 5.74) is 10.1. The van der Waals surface area contributed by atoms with Gasteiger partial charge >= 0.3 is 0 Å². The zero-order chi connectivity index (χ0) is 13.2. The van der Waals surface area contributed by atoms with Gasteiger partial charge in [-0.25, -0.2) is 0 Å². The number of nitrogens with one attached hydrogen (secondary N) is 1. The van der Waals surface area contributed by atoms with Gasteiger partial charge in [-0.3, -0.25) is 10.00 Å². The third kappa shape index (κ3) is 2.55. The number of aryl methyl sites for hydroxylation is 1. The molecular weight excluding hydrogens is 236 g/mol. The van der Waals surface area contributed by atoms with Crippen molar-refractivity contribution in [1.82, 2.24) is 15.1 Å². The second kappa shape index (κ2) is 5.15. The molecule has 19 heavy (non-hydrogen) atoms. The van der Waals surface area contributed by atoms with Crippen LogP contribution in [0.25, 0.3) is 0 Å². The van der Waals surface area contributed by atoms with Crippen molar-refractivity contribution < 1.29 is 0 Å². The summed E-state index contributed by atoms with van der Waals surface area (Å²) in [6.45, 7) is 4.96. The molecule has 4 nitrogen and oxygen atoms in total. The second-order valence-electron chi connectivity index (χ2n) is 5.40. The van der Waals surface area contributed by atoms with Gasteiger partial charge in [0.1, 0.15) is 0 Å². The Balaban J connectivity index is 1.70. The summed E-state index contributed by atoms with van der Waals surface area (Å²) in [7, 11) is 0. The lowest BCUT2D eigenvalue weighted by atomic mass is 9.95. The molecule has 100 valence electrons. The van der Waals surface area contributed by atoms with Crippen molar-refractivity contribution in [3.05, 3.63) is 53.3 Å². The average Bonchev–Trinajstić information content (AvgIpc) is 2.98. The molecule has 0 amide bonds. The summed E-state index contributed by atoms with van der Waals surface area (Å²) in [5.74, 6) is 0.438. The number of rotatable bonds is 3. The van der Waals surface area contributed by atoms with Crippen molar-refractivity contribution in [2.45, 2.75) is 25.4 Å². The van der Waals surface area contributed by atoms with Crippen LogP contribution in [-0.4, -0.2) is 34.2 Å². The van der Waals surface area contributed by atoms with Crippen LogP contribution in [0.1, 0.15) is 22.7 Å². The van der Waals surface area contributed by atoms with Gasteiger partial charge < -0.3 is 5.73 Å². The zero-order valence-corrected chi connectivity index (χ0v) is 11.2. The van der Waals surface area contributed by atoms with Crippen LogP contribution in [0.5, 0.6) is 0 Å². The van der Waals surface area contributed by atoms with Crippen LogP contribution in [0.15, 0.2) is 36.5 Å². The van der Waals surface area contributed by atoms with Gasteiger partial charge in [0.25, 0.3) is 0 Å². The van der Waals surface area contributed by atoms with Gasteiger partial charge in [0, 0.05) is 42.9 Å². The molecule has 0 unspecified atom stereocenters. The molecular formula is C15H20N4. The Labute approximate surface area is 113 Å². The summed E-state index contributed by atoms with van der Waals surface area (Å²) in [5, 5.41) is 7.07. The topological polar surface area (TPSA) is 57.9 Å². The van der Waals surface area contributed by atoms with Gasteiger partial charge in [0.2, 0.25) is 0 Å². The van der Waals surface area contributed by atoms with Crippen molar-refractivity contribution in [2.75, 3.05) is 13.1 Å². The molecule has 1 aromatic heterocycles. The monoisotopic (exact) mass is 256 g/mol. The number of hydrogen-bond donors (Lipinski definition) is 2. The third-order valence-corrected chi connectivity index (χ3v) is 4.00. The minimum absolute atomic E-state index is 0.217. The Morgan fingerprint density at radius 3 is 2.79 bits per heavy atom. The summed E-state index contributed by atoms with van der Waals surface area (Å²) in [6, 6.07) is 10.8. The molecule has 0 radical (unpaired) electrons. The second-order valence-corrected chi connectivity index (χ2v) is 5.40. The molecule has 2 heterocycles. The van der Waals surface area contributed by atoms with Crippen molar-refractivity contribution in [3.63, 3.8) is 0 Å². The van der Waals surface area contributed by atoms with E-state index in [-0.39, 0.29) is 6.04 Å². The van der Waals surface area contributed by atoms with E-state index >= 15 is 0 Å².